The van der Waals surface area contributed by atoms with Gasteiger partial charge in [-0.25, -0.2) is 0 Å². The maximum absolute atomic E-state index is 13.2. The first-order valence-corrected chi connectivity index (χ1v) is 31.0. The predicted molar refractivity (Wildman–Crippen MR) is 298 cm³/mol. The van der Waals surface area contributed by atoms with E-state index < -0.39 is 309 Å². The lowest BCUT2D eigenvalue weighted by Crippen LogP contribution is -2.71. The number of aliphatic hydroxyl groups is 22. The summed E-state index contributed by atoms with van der Waals surface area (Å²) in [5, 5.41) is 248. The smallest absolute Gasteiger partial charge is 0.217 e. The van der Waals surface area contributed by atoms with Crippen molar-refractivity contribution in [2.45, 2.75) is 273 Å². The van der Waals surface area contributed by atoms with Crippen LogP contribution >= 0.6 is 0 Å². The fraction of sp³-hybridized carbons (Fsp3) is 0.944. The van der Waals surface area contributed by atoms with Gasteiger partial charge in [0.15, 0.2) is 50.3 Å². The fourth-order valence-corrected chi connectivity index (χ4v) is 12.5. The second-order valence-electron chi connectivity index (χ2n) is 24.6. The Kier molecular flexibility index (Phi) is 28.3. The molecule has 25 N–H and O–H groups in total. The Hall–Kier alpha value is -3.07. The third-order valence-corrected chi connectivity index (χ3v) is 17.8. The van der Waals surface area contributed by atoms with Crippen LogP contribution in [0, 0.1) is 0 Å². The van der Waals surface area contributed by atoms with Crippen molar-refractivity contribution in [2.75, 3.05) is 46.2 Å². The van der Waals surface area contributed by atoms with E-state index in [9.17, 15) is 127 Å². The zero-order chi connectivity index (χ0) is 71.5. The van der Waals surface area contributed by atoms with E-state index in [0.29, 0.717) is 0 Å². The lowest BCUT2D eigenvalue weighted by molar-refractivity contribution is -0.394. The van der Waals surface area contributed by atoms with Crippen LogP contribution in [0.15, 0.2) is 0 Å². The Bertz CT molecular complexity index is 2490. The highest BCUT2D eigenvalue weighted by atomic mass is 16.8. The molecular formula is C54H91N3O40. The van der Waals surface area contributed by atoms with Crippen LogP contribution in [0.4, 0.5) is 0 Å². The predicted octanol–water partition coefficient (Wildman–Crippen LogP) is -17.0. The first-order valence-electron chi connectivity index (χ1n) is 31.0. The lowest BCUT2D eigenvalue weighted by Gasteiger charge is -2.51. The summed E-state index contributed by atoms with van der Waals surface area (Å²) in [6.45, 7) is -3.15. The van der Waals surface area contributed by atoms with Gasteiger partial charge in [-0.15, -0.1) is 0 Å². The minimum Gasteiger partial charge on any atom is -0.394 e. The Morgan fingerprint density at radius 3 is 1.13 bits per heavy atom. The van der Waals surface area contributed by atoms with Gasteiger partial charge in [-0.05, 0) is 6.92 Å². The summed E-state index contributed by atoms with van der Waals surface area (Å²) in [5.74, 6) is -2.59. The summed E-state index contributed by atoms with van der Waals surface area (Å²) in [7, 11) is 0. The van der Waals surface area contributed by atoms with Crippen molar-refractivity contribution in [3.63, 3.8) is 0 Å². The Morgan fingerprint density at radius 1 is 0.289 bits per heavy atom. The molecule has 0 unspecified atom stereocenters. The molecule has 43 heteroatoms. The molecule has 8 aliphatic rings. The van der Waals surface area contributed by atoms with Crippen molar-refractivity contribution in [3.8, 4) is 0 Å². The minimum atomic E-state index is -2.39. The highest BCUT2D eigenvalue weighted by molar-refractivity contribution is 5.74. The largest absolute Gasteiger partial charge is 0.394 e. The van der Waals surface area contributed by atoms with Crippen LogP contribution in [0.2, 0.25) is 0 Å². The summed E-state index contributed by atoms with van der Waals surface area (Å²) >= 11 is 0. The van der Waals surface area contributed by atoms with Gasteiger partial charge in [0.2, 0.25) is 17.7 Å². The minimum absolute atomic E-state index is 0.752. The Morgan fingerprint density at radius 2 is 0.629 bits per heavy atom. The molecule has 0 radical (unpaired) electrons. The van der Waals surface area contributed by atoms with Crippen LogP contribution in [-0.2, 0) is 85.4 Å². The average molecular weight is 1420 g/mol. The summed E-state index contributed by atoms with van der Waals surface area (Å²) in [4.78, 5) is 38.1. The van der Waals surface area contributed by atoms with Crippen LogP contribution in [0.3, 0.4) is 0 Å². The first kappa shape index (κ1) is 79.6. The molecule has 43 nitrogen and oxygen atoms in total. The molecule has 0 aliphatic carbocycles. The van der Waals surface area contributed by atoms with E-state index in [0.717, 1.165) is 20.8 Å². The number of hydrogen-bond acceptors (Lipinski definition) is 40. The molecule has 40 atom stereocenters. The Balaban J connectivity index is 1.11. The monoisotopic (exact) mass is 1420 g/mol. The summed E-state index contributed by atoms with van der Waals surface area (Å²) < 4.78 is 88.7. The molecule has 8 saturated heterocycles. The quantitative estimate of drug-likeness (QED) is 0.0427. The normalized spacial score (nSPS) is 49.9. The topological polar surface area (TPSA) is 671 Å². The third-order valence-electron chi connectivity index (χ3n) is 17.8. The Labute approximate surface area is 549 Å². The highest BCUT2D eigenvalue weighted by Gasteiger charge is 2.60. The van der Waals surface area contributed by atoms with Crippen LogP contribution in [0.5, 0.6) is 0 Å². The SMILES string of the molecule is CC(=O)N[C@@H]1[C@@H](O)[C@H](O[C@@H]2O[C@H](CO)[C@@H](O[C@@H]3O[C@H](CO[C@H]4O[C@H](CO)[C@@H](O)[C@H](O)[C@@H]4O[C@@H]4O[C@H](CO)[C@@H](O[C@@H]5O[C@H](CO)[C@H](O)[C@H](O)[C@H]5O)[C@H](O[C@@H]5O[C@@H](C)[C@@H](O)[C@@H](O)[C@@H]5O)[C@H]4NC(C)=O)[C@@H](O)[C@H](O[C@H]4O[C@H](CO)[C@@H](O)[C@H](O)[C@@H]4O)[C@@H]3O)[C@H](O)[C@H]2NC(C)=O)[C@@H](CO)O[C@H]1O. The first-order chi connectivity index (χ1) is 45.8. The van der Waals surface area contributed by atoms with Crippen molar-refractivity contribution < 1.29 is 198 Å². The number of hydrogen-bond donors (Lipinski definition) is 25. The van der Waals surface area contributed by atoms with Gasteiger partial charge in [-0.1, -0.05) is 0 Å². The molecule has 0 spiro atoms. The van der Waals surface area contributed by atoms with Crippen LogP contribution < -0.4 is 16.0 Å². The average Bonchev–Trinajstić information content (AvgIpc) is 0.776. The number of nitrogens with one attached hydrogen (secondary N) is 3. The number of carbonyl (C=O) groups is 3. The number of aliphatic hydroxyl groups excluding tert-OH is 22. The molecule has 97 heavy (non-hydrogen) atoms. The van der Waals surface area contributed by atoms with Crippen molar-refractivity contribution in [1.82, 2.24) is 16.0 Å². The number of carbonyl (C=O) groups excluding carboxylic acids is 3. The maximum atomic E-state index is 13.2. The van der Waals surface area contributed by atoms with Gasteiger partial charge in [-0.3, -0.25) is 14.4 Å². The van der Waals surface area contributed by atoms with E-state index in [4.69, 9.17) is 71.1 Å². The van der Waals surface area contributed by atoms with E-state index in [-0.39, 0.29) is 0 Å². The molecule has 8 fully saturated rings. The van der Waals surface area contributed by atoms with Crippen molar-refractivity contribution in [2.24, 2.45) is 0 Å². The van der Waals surface area contributed by atoms with Gasteiger partial charge < -0.3 is 199 Å². The summed E-state index contributed by atoms with van der Waals surface area (Å²) in [6, 6.07) is -5.36. The molecular weight excluding hydrogens is 1330 g/mol. The summed E-state index contributed by atoms with van der Waals surface area (Å²) in [6.07, 6.45) is -73.9. The molecule has 562 valence electrons. The second-order valence-corrected chi connectivity index (χ2v) is 24.6. The van der Waals surface area contributed by atoms with Crippen LogP contribution in [0.25, 0.3) is 0 Å². The van der Waals surface area contributed by atoms with Gasteiger partial charge in [0.05, 0.1) is 52.4 Å². The molecule has 0 aromatic carbocycles. The molecule has 8 rings (SSSR count). The molecule has 8 heterocycles. The molecule has 8 aliphatic heterocycles. The van der Waals surface area contributed by atoms with E-state index in [1.54, 1.807) is 0 Å². The lowest BCUT2D eigenvalue weighted by atomic mass is 9.93. The van der Waals surface area contributed by atoms with Crippen LogP contribution in [-0.4, -0.2) is 422 Å². The van der Waals surface area contributed by atoms with E-state index in [1.807, 2.05) is 0 Å². The van der Waals surface area contributed by atoms with Gasteiger partial charge in [-0.2, -0.15) is 0 Å². The van der Waals surface area contributed by atoms with E-state index in [1.165, 1.54) is 6.92 Å². The van der Waals surface area contributed by atoms with Gasteiger partial charge in [0, 0.05) is 20.8 Å². The molecule has 0 aromatic rings. The van der Waals surface area contributed by atoms with Gasteiger partial charge in [0.1, 0.15) is 189 Å². The number of amides is 3. The van der Waals surface area contributed by atoms with Gasteiger partial charge >= 0.3 is 0 Å². The molecule has 0 saturated carbocycles. The number of rotatable bonds is 24. The standard InChI is InChI=1S/C54H91N3O40/c1-12-26(67)33(74)37(78)50(84-12)95-44-25(57-15(4)66)49(90-21(10-63)43(44)94-51-38(79)34(75)27(68)16(5-58)86-51)97-46-36(77)29(70)18(7-60)88-54(46)83-11-22-30(71)45(96-52-39(80)35(76)28(69)17(6-59)87-52)40(81)53(91-22)93-42-20(9-62)89-48(24(32(42)73)56-14(3)65)92-41-19(8-61)85-47(82)23(31(41)72)55-13(2)64/h12,16-54,58-63,67-82H,5-11H2,1-4H3,(H,55,64)(H,56,65)(H,57,66)/t12-,16+,17+,18+,19+,20+,21+,22+,23+,24+,25+,26+,27-,28+,29+,30+,31+,32+,33+,34-,35-,36-,37-,38+,39-,40-,41+,42+,43+,44+,45-,46-,47+,48-,49-,50-,51-,52+,53-,54-/m0/s1. The highest BCUT2D eigenvalue weighted by Crippen LogP contribution is 2.39. The number of ether oxygens (including phenoxy) is 15. The molecule has 0 aromatic heterocycles. The van der Waals surface area contributed by atoms with E-state index in [2.05, 4.69) is 16.0 Å². The second kappa shape index (κ2) is 34.5. The molecule has 3 amide bonds. The maximum Gasteiger partial charge on any atom is 0.217 e. The summed E-state index contributed by atoms with van der Waals surface area (Å²) in [5.41, 5.74) is 0. The molecule has 0 bridgehead atoms. The van der Waals surface area contributed by atoms with Crippen molar-refractivity contribution in [1.29, 1.82) is 0 Å². The third kappa shape index (κ3) is 17.4. The zero-order valence-corrected chi connectivity index (χ0v) is 52.2. The van der Waals surface area contributed by atoms with Crippen molar-refractivity contribution in [3.05, 3.63) is 0 Å². The fourth-order valence-electron chi connectivity index (χ4n) is 12.5. The zero-order valence-electron chi connectivity index (χ0n) is 52.2. The van der Waals surface area contributed by atoms with Crippen LogP contribution in [0.1, 0.15) is 27.7 Å². The van der Waals surface area contributed by atoms with Crippen molar-refractivity contribution >= 4 is 17.7 Å². The van der Waals surface area contributed by atoms with Gasteiger partial charge in [0.25, 0.3) is 0 Å². The van der Waals surface area contributed by atoms with E-state index >= 15 is 0 Å².